The Bertz CT molecular complexity index is 1260. The van der Waals surface area contributed by atoms with Gasteiger partial charge in [-0.1, -0.05) is 49.7 Å². The smallest absolute Gasteiger partial charge is 0.261 e. The molecule has 1 aliphatic heterocycles. The molecule has 182 valence electrons. The number of nitrogens with one attached hydrogen (secondary N) is 1. The van der Waals surface area contributed by atoms with Crippen LogP contribution in [0.4, 0.5) is 5.69 Å². The molecule has 1 N–H and O–H groups in total. The Hall–Kier alpha value is -2.46. The van der Waals surface area contributed by atoms with Crippen LogP contribution in [0.2, 0.25) is 5.02 Å². The van der Waals surface area contributed by atoms with E-state index < -0.39 is 10.0 Å². The first kappa shape index (κ1) is 24.7. The van der Waals surface area contributed by atoms with Gasteiger partial charge in [0.1, 0.15) is 5.69 Å². The topological polar surface area (TPSA) is 89.3 Å². The van der Waals surface area contributed by atoms with Crippen LogP contribution in [0.5, 0.6) is 0 Å². The normalized spacial score (nSPS) is 15.4. The van der Waals surface area contributed by atoms with Crippen molar-refractivity contribution in [1.29, 1.82) is 0 Å². The maximum Gasteiger partial charge on any atom is 0.261 e. The number of anilines is 1. The molecule has 0 spiro atoms. The third kappa shape index (κ3) is 5.43. The summed E-state index contributed by atoms with van der Waals surface area (Å²) in [5.74, 6) is 0. The van der Waals surface area contributed by atoms with Gasteiger partial charge in [-0.3, -0.25) is 9.62 Å². The van der Waals surface area contributed by atoms with E-state index in [2.05, 4.69) is 40.7 Å². The number of ether oxygens (including phenoxy) is 1. The molecule has 8 nitrogen and oxygen atoms in total. The summed E-state index contributed by atoms with van der Waals surface area (Å²) >= 11 is 6.27. The average Bonchev–Trinajstić information content (AvgIpc) is 3.15. The fraction of sp³-hybridized carbons (Fsp3) is 0.417. The maximum absolute atomic E-state index is 13.2. The number of aromatic nitrogens is 3. The molecule has 0 amide bonds. The van der Waals surface area contributed by atoms with Crippen LogP contribution in [0.25, 0.3) is 5.69 Å². The summed E-state index contributed by atoms with van der Waals surface area (Å²) in [7, 11) is -3.82. The second-order valence-electron chi connectivity index (χ2n) is 9.46. The lowest BCUT2D eigenvalue weighted by atomic mass is 9.87. The largest absolute Gasteiger partial charge is 0.379 e. The van der Waals surface area contributed by atoms with Gasteiger partial charge in [0.2, 0.25) is 0 Å². The minimum absolute atomic E-state index is 0.0668. The van der Waals surface area contributed by atoms with Gasteiger partial charge in [0.25, 0.3) is 10.0 Å². The summed E-state index contributed by atoms with van der Waals surface area (Å²) in [6, 6.07) is 11.9. The second-order valence-corrected chi connectivity index (χ2v) is 11.6. The van der Waals surface area contributed by atoms with Crippen molar-refractivity contribution in [2.45, 2.75) is 44.6 Å². The number of sulfonamides is 1. The third-order valence-corrected chi connectivity index (χ3v) is 7.55. The standard InChI is InChI=1S/C24H30ClN5O3S/c1-17-22(16-29-11-13-33-14-12-29)26-28-30(17)23-15-19(25)7-10-21(23)27-34(31,32)20-8-5-18(6-9-20)24(2,3)4/h5-10,15,27H,11-14,16H2,1-4H3. The van der Waals surface area contributed by atoms with Gasteiger partial charge >= 0.3 is 0 Å². The monoisotopic (exact) mass is 503 g/mol. The van der Waals surface area contributed by atoms with Gasteiger partial charge in [-0.15, -0.1) is 5.10 Å². The van der Waals surface area contributed by atoms with Crippen LogP contribution in [0, 0.1) is 6.92 Å². The summed E-state index contributed by atoms with van der Waals surface area (Å²) in [5, 5.41) is 9.13. The van der Waals surface area contributed by atoms with Crippen molar-refractivity contribution >= 4 is 27.3 Å². The lowest BCUT2D eigenvalue weighted by molar-refractivity contribution is 0.0335. The van der Waals surface area contributed by atoms with Gasteiger partial charge in [-0.05, 0) is 48.2 Å². The van der Waals surface area contributed by atoms with Crippen molar-refractivity contribution < 1.29 is 13.2 Å². The quantitative estimate of drug-likeness (QED) is 0.543. The molecule has 0 radical (unpaired) electrons. The Morgan fingerprint density at radius 2 is 1.76 bits per heavy atom. The van der Waals surface area contributed by atoms with E-state index in [1.54, 1.807) is 35.0 Å². The first-order valence-corrected chi connectivity index (χ1v) is 13.1. The number of morpholine rings is 1. The number of halogens is 1. The van der Waals surface area contributed by atoms with Crippen LogP contribution < -0.4 is 4.72 Å². The highest BCUT2D eigenvalue weighted by molar-refractivity contribution is 7.92. The molecule has 10 heteroatoms. The maximum atomic E-state index is 13.2. The number of rotatable bonds is 6. The molecular formula is C24H30ClN5O3S. The first-order valence-electron chi connectivity index (χ1n) is 11.2. The van der Waals surface area contributed by atoms with Crippen LogP contribution in [-0.2, 0) is 26.7 Å². The summed E-state index contributed by atoms with van der Waals surface area (Å²) in [6.45, 7) is 11.9. The molecule has 2 heterocycles. The minimum atomic E-state index is -3.82. The molecule has 3 aromatic rings. The molecule has 4 rings (SSSR count). The highest BCUT2D eigenvalue weighted by Gasteiger charge is 2.22. The third-order valence-electron chi connectivity index (χ3n) is 5.93. The number of hydrogen-bond acceptors (Lipinski definition) is 6. The van der Waals surface area contributed by atoms with Crippen LogP contribution in [0.3, 0.4) is 0 Å². The summed E-state index contributed by atoms with van der Waals surface area (Å²) in [5.41, 5.74) is 3.53. The summed E-state index contributed by atoms with van der Waals surface area (Å²) < 4.78 is 36.1. The summed E-state index contributed by atoms with van der Waals surface area (Å²) in [6.07, 6.45) is 0. The van der Waals surface area contributed by atoms with Crippen molar-refractivity contribution in [3.63, 3.8) is 0 Å². The van der Waals surface area contributed by atoms with E-state index in [0.717, 1.165) is 30.0 Å². The van der Waals surface area contributed by atoms with E-state index in [0.29, 0.717) is 36.2 Å². The Morgan fingerprint density at radius 3 is 2.41 bits per heavy atom. The zero-order chi connectivity index (χ0) is 24.5. The van der Waals surface area contributed by atoms with Gasteiger partial charge in [0.15, 0.2) is 0 Å². The molecule has 0 bridgehead atoms. The fourth-order valence-corrected chi connectivity index (χ4v) is 5.05. The first-order chi connectivity index (χ1) is 16.0. The van der Waals surface area contributed by atoms with Crippen molar-refractivity contribution in [2.24, 2.45) is 0 Å². The van der Waals surface area contributed by atoms with Crippen LogP contribution >= 0.6 is 11.6 Å². The molecule has 0 atom stereocenters. The molecule has 1 aromatic heterocycles. The van der Waals surface area contributed by atoms with Crippen molar-refractivity contribution in [2.75, 3.05) is 31.0 Å². The number of hydrogen-bond donors (Lipinski definition) is 1. The molecule has 0 unspecified atom stereocenters. The Balaban J connectivity index is 1.63. The van der Waals surface area contributed by atoms with Crippen LogP contribution in [-0.4, -0.2) is 54.6 Å². The molecule has 0 aliphatic carbocycles. The van der Waals surface area contributed by atoms with E-state index in [4.69, 9.17) is 16.3 Å². The Morgan fingerprint density at radius 1 is 1.09 bits per heavy atom. The molecule has 2 aromatic carbocycles. The highest BCUT2D eigenvalue weighted by atomic mass is 35.5. The van der Waals surface area contributed by atoms with Crippen LogP contribution in [0.15, 0.2) is 47.4 Å². The van der Waals surface area contributed by atoms with Gasteiger partial charge in [0.05, 0.1) is 35.2 Å². The average molecular weight is 504 g/mol. The van der Waals surface area contributed by atoms with E-state index in [1.807, 2.05) is 19.1 Å². The Kier molecular flexibility index (Phi) is 7.00. The van der Waals surface area contributed by atoms with Gasteiger partial charge < -0.3 is 4.74 Å². The van der Waals surface area contributed by atoms with Gasteiger partial charge in [-0.25, -0.2) is 13.1 Å². The van der Waals surface area contributed by atoms with Gasteiger partial charge in [0, 0.05) is 24.7 Å². The van der Waals surface area contributed by atoms with E-state index >= 15 is 0 Å². The molecule has 1 saturated heterocycles. The van der Waals surface area contributed by atoms with E-state index in [1.165, 1.54) is 0 Å². The molecule has 34 heavy (non-hydrogen) atoms. The number of nitrogens with zero attached hydrogens (tertiary/aromatic N) is 4. The molecule has 1 fully saturated rings. The SMILES string of the molecule is Cc1c(CN2CCOCC2)nnn1-c1cc(Cl)ccc1NS(=O)(=O)c1ccc(C(C)(C)C)cc1. The lowest BCUT2D eigenvalue weighted by Crippen LogP contribution is -2.35. The zero-order valence-corrected chi connectivity index (χ0v) is 21.4. The van der Waals surface area contributed by atoms with Crippen molar-refractivity contribution in [1.82, 2.24) is 19.9 Å². The zero-order valence-electron chi connectivity index (χ0n) is 19.9. The predicted molar refractivity (Wildman–Crippen MR) is 133 cm³/mol. The van der Waals surface area contributed by atoms with E-state index in [-0.39, 0.29) is 10.3 Å². The fourth-order valence-electron chi connectivity index (χ4n) is 3.81. The van der Waals surface area contributed by atoms with Crippen molar-refractivity contribution in [3.05, 3.63) is 64.4 Å². The lowest BCUT2D eigenvalue weighted by Gasteiger charge is -2.25. The molecular weight excluding hydrogens is 474 g/mol. The number of benzene rings is 2. The second kappa shape index (κ2) is 9.65. The summed E-state index contributed by atoms with van der Waals surface area (Å²) in [4.78, 5) is 2.44. The highest BCUT2D eigenvalue weighted by Crippen LogP contribution is 2.29. The predicted octanol–water partition coefficient (Wildman–Crippen LogP) is 4.16. The minimum Gasteiger partial charge on any atom is -0.379 e. The molecule has 0 saturated carbocycles. The van der Waals surface area contributed by atoms with Crippen LogP contribution in [0.1, 0.15) is 37.7 Å². The Labute approximate surface area is 205 Å². The van der Waals surface area contributed by atoms with Gasteiger partial charge in [-0.2, -0.15) is 0 Å². The molecule has 1 aliphatic rings. The van der Waals surface area contributed by atoms with E-state index in [9.17, 15) is 8.42 Å². The van der Waals surface area contributed by atoms with Crippen molar-refractivity contribution in [3.8, 4) is 5.69 Å².